The van der Waals surface area contributed by atoms with Gasteiger partial charge in [-0.05, 0) is 85.5 Å². The number of benzene rings is 3. The van der Waals surface area contributed by atoms with Crippen molar-refractivity contribution in [1.29, 1.82) is 0 Å². The average Bonchev–Trinajstić information content (AvgIpc) is 3.67. The molecule has 1 amide bonds. The predicted octanol–water partition coefficient (Wildman–Crippen LogP) is 6.82. The van der Waals surface area contributed by atoms with Gasteiger partial charge in [-0.1, -0.05) is 45.0 Å². The Morgan fingerprint density at radius 2 is 1.69 bits per heavy atom. The lowest BCUT2D eigenvalue weighted by atomic mass is 9.98. The second kappa shape index (κ2) is 15.7. The van der Waals surface area contributed by atoms with Crippen LogP contribution < -0.4 is 11.1 Å². The topological polar surface area (TPSA) is 111 Å². The summed E-state index contributed by atoms with van der Waals surface area (Å²) >= 11 is 0. The van der Waals surface area contributed by atoms with Crippen LogP contribution in [0.25, 0.3) is 11.5 Å². The Hall–Kier alpha value is -4.41. The second-order valence-electron chi connectivity index (χ2n) is 12.5. The molecule has 1 unspecified atom stereocenters. The van der Waals surface area contributed by atoms with Crippen LogP contribution in [0.1, 0.15) is 83.9 Å². The van der Waals surface area contributed by atoms with Gasteiger partial charge in [-0.15, -0.1) is 0 Å². The van der Waals surface area contributed by atoms with Crippen molar-refractivity contribution >= 4 is 11.9 Å². The fourth-order valence-electron chi connectivity index (χ4n) is 6.09. The van der Waals surface area contributed by atoms with E-state index in [-0.39, 0.29) is 35.9 Å². The second-order valence-corrected chi connectivity index (χ2v) is 12.5. The minimum absolute atomic E-state index is 0.0652. The third-order valence-electron chi connectivity index (χ3n) is 8.78. The smallest absolute Gasteiger partial charge is 0.338 e. The molecule has 8 nitrogen and oxygen atoms in total. The summed E-state index contributed by atoms with van der Waals surface area (Å²) in [6, 6.07) is 15.6. The van der Waals surface area contributed by atoms with Crippen LogP contribution in [-0.2, 0) is 23.1 Å². The Morgan fingerprint density at radius 1 is 0.979 bits per heavy atom. The lowest BCUT2D eigenvalue weighted by Crippen LogP contribution is -2.48. The average molecular weight is 659 g/mol. The summed E-state index contributed by atoms with van der Waals surface area (Å²) in [6.45, 7) is 7.46. The SMILES string of the molecule is CCCN(CCC)C(=O)c1cc(C(=O)O[C@H](CNC2(c3cccc(CC)c3)CC2)C(N)Cc2cc(F)cc(F)c2)cc(-c2ncco2)c1. The Kier molecular flexibility index (Phi) is 11.4. The van der Waals surface area contributed by atoms with E-state index in [2.05, 4.69) is 35.4 Å². The number of ether oxygens (including phenoxy) is 1. The van der Waals surface area contributed by atoms with Crippen LogP contribution in [-0.4, -0.2) is 53.5 Å². The molecule has 0 bridgehead atoms. The van der Waals surface area contributed by atoms with Crippen molar-refractivity contribution in [3.63, 3.8) is 0 Å². The first-order chi connectivity index (χ1) is 23.1. The van der Waals surface area contributed by atoms with E-state index in [0.717, 1.165) is 43.7 Å². The first-order valence-corrected chi connectivity index (χ1v) is 16.7. The van der Waals surface area contributed by atoms with Crippen molar-refractivity contribution in [2.75, 3.05) is 19.6 Å². The van der Waals surface area contributed by atoms with E-state index in [1.54, 1.807) is 17.0 Å². The zero-order valence-electron chi connectivity index (χ0n) is 27.8. The molecule has 4 aromatic rings. The van der Waals surface area contributed by atoms with E-state index in [1.807, 2.05) is 19.9 Å². The number of carbonyl (C=O) groups is 2. The number of nitrogens with zero attached hydrogens (tertiary/aromatic N) is 2. The van der Waals surface area contributed by atoms with E-state index in [1.165, 1.54) is 36.2 Å². The lowest BCUT2D eigenvalue weighted by Gasteiger charge is -2.28. The minimum atomic E-state index is -0.878. The van der Waals surface area contributed by atoms with Gasteiger partial charge in [0, 0.05) is 48.4 Å². The molecule has 48 heavy (non-hydrogen) atoms. The number of amides is 1. The van der Waals surface area contributed by atoms with Crippen LogP contribution in [0.5, 0.6) is 0 Å². The number of oxazole rings is 1. The molecule has 10 heteroatoms. The summed E-state index contributed by atoms with van der Waals surface area (Å²) in [7, 11) is 0. The molecular weight excluding hydrogens is 614 g/mol. The van der Waals surface area contributed by atoms with Crippen LogP contribution in [0.15, 0.2) is 77.5 Å². The van der Waals surface area contributed by atoms with Crippen LogP contribution >= 0.6 is 0 Å². The molecule has 0 saturated heterocycles. The maximum absolute atomic E-state index is 14.1. The summed E-state index contributed by atoms with van der Waals surface area (Å²) in [4.78, 5) is 33.6. The molecule has 0 aliphatic heterocycles. The van der Waals surface area contributed by atoms with Gasteiger partial charge >= 0.3 is 5.97 Å². The normalized spacial score (nSPS) is 14.7. The van der Waals surface area contributed by atoms with Gasteiger partial charge in [0.05, 0.1) is 11.8 Å². The molecule has 1 aromatic heterocycles. The van der Waals surface area contributed by atoms with E-state index < -0.39 is 29.7 Å². The number of aryl methyl sites for hydroxylation is 1. The molecule has 1 aliphatic carbocycles. The molecule has 0 spiro atoms. The summed E-state index contributed by atoms with van der Waals surface area (Å²) in [5.74, 6) is -2.08. The van der Waals surface area contributed by atoms with E-state index in [0.29, 0.717) is 29.8 Å². The van der Waals surface area contributed by atoms with Crippen molar-refractivity contribution in [3.05, 3.63) is 113 Å². The Morgan fingerprint density at radius 3 is 2.31 bits per heavy atom. The lowest BCUT2D eigenvalue weighted by molar-refractivity contribution is 0.0228. The van der Waals surface area contributed by atoms with Gasteiger partial charge in [-0.25, -0.2) is 18.6 Å². The molecule has 254 valence electrons. The first-order valence-electron chi connectivity index (χ1n) is 16.7. The largest absolute Gasteiger partial charge is 0.456 e. The molecule has 1 aliphatic rings. The highest BCUT2D eigenvalue weighted by atomic mass is 19.1. The number of hydrogen-bond donors (Lipinski definition) is 2. The fourth-order valence-corrected chi connectivity index (χ4v) is 6.09. The standard InChI is InChI=1S/C38H44F2N4O4/c1-4-13-44(14-5-2)36(45)28-20-27(35-42-12-15-47-35)21-29(22-28)37(46)48-34(33(41)19-26-17-31(39)23-32(40)18-26)24-43-38(10-11-38)30-9-7-8-25(6-3)16-30/h7-9,12,15-18,20-23,33-34,43H,4-6,10-11,13-14,19,24,41H2,1-3H3/t33?,34-/m1/s1. The molecule has 1 heterocycles. The molecule has 3 aromatic carbocycles. The Labute approximate surface area is 280 Å². The monoisotopic (exact) mass is 658 g/mol. The number of rotatable bonds is 16. The molecule has 5 rings (SSSR count). The Balaban J connectivity index is 1.44. The minimum Gasteiger partial charge on any atom is -0.456 e. The van der Waals surface area contributed by atoms with Gasteiger partial charge in [-0.2, -0.15) is 0 Å². The van der Waals surface area contributed by atoms with Gasteiger partial charge in [0.25, 0.3) is 5.91 Å². The third kappa shape index (κ3) is 8.54. The van der Waals surface area contributed by atoms with Gasteiger partial charge < -0.3 is 25.1 Å². The highest BCUT2D eigenvalue weighted by Gasteiger charge is 2.44. The number of halogens is 2. The van der Waals surface area contributed by atoms with Crippen molar-refractivity contribution in [2.24, 2.45) is 5.73 Å². The summed E-state index contributed by atoms with van der Waals surface area (Å²) in [6.07, 6.45) is 6.38. The van der Waals surface area contributed by atoms with Crippen LogP contribution in [0, 0.1) is 11.6 Å². The maximum Gasteiger partial charge on any atom is 0.338 e. The molecule has 1 saturated carbocycles. The predicted molar refractivity (Wildman–Crippen MR) is 180 cm³/mol. The first kappa shape index (κ1) is 34.9. The highest BCUT2D eigenvalue weighted by Crippen LogP contribution is 2.45. The quantitative estimate of drug-likeness (QED) is 0.127. The number of esters is 1. The third-order valence-corrected chi connectivity index (χ3v) is 8.78. The van der Waals surface area contributed by atoms with Crippen molar-refractivity contribution < 1.29 is 27.5 Å². The molecular formula is C38H44F2N4O4. The molecule has 2 atom stereocenters. The number of aromatic nitrogens is 1. The Bertz CT molecular complexity index is 1680. The van der Waals surface area contributed by atoms with Crippen LogP contribution in [0.2, 0.25) is 0 Å². The van der Waals surface area contributed by atoms with Gasteiger partial charge in [0.1, 0.15) is 24.0 Å². The maximum atomic E-state index is 14.1. The van der Waals surface area contributed by atoms with E-state index >= 15 is 0 Å². The fraction of sp³-hybridized carbons (Fsp3) is 0.395. The number of nitrogens with one attached hydrogen (secondary N) is 1. The van der Waals surface area contributed by atoms with Crippen LogP contribution in [0.3, 0.4) is 0 Å². The number of nitrogens with two attached hydrogens (primary N) is 1. The summed E-state index contributed by atoms with van der Waals surface area (Å²) in [5, 5.41) is 3.60. The number of hydrogen-bond acceptors (Lipinski definition) is 7. The van der Waals surface area contributed by atoms with E-state index in [9.17, 15) is 18.4 Å². The van der Waals surface area contributed by atoms with Crippen molar-refractivity contribution in [2.45, 2.75) is 77.0 Å². The molecule has 0 radical (unpaired) electrons. The number of carbonyl (C=O) groups excluding carboxylic acids is 2. The zero-order chi connectivity index (χ0) is 34.3. The van der Waals surface area contributed by atoms with Gasteiger partial charge in [0.2, 0.25) is 5.89 Å². The van der Waals surface area contributed by atoms with Crippen molar-refractivity contribution in [1.82, 2.24) is 15.2 Å². The van der Waals surface area contributed by atoms with Gasteiger partial charge in [-0.3, -0.25) is 4.79 Å². The molecule has 3 N–H and O–H groups in total. The molecule has 1 fully saturated rings. The van der Waals surface area contributed by atoms with E-state index in [4.69, 9.17) is 14.9 Å². The highest BCUT2D eigenvalue weighted by molar-refractivity contribution is 5.99. The van der Waals surface area contributed by atoms with Crippen LogP contribution in [0.4, 0.5) is 8.78 Å². The zero-order valence-corrected chi connectivity index (χ0v) is 27.8. The summed E-state index contributed by atoms with van der Waals surface area (Å²) in [5.41, 5.74) is 9.99. The van der Waals surface area contributed by atoms with Gasteiger partial charge in [0.15, 0.2) is 0 Å². The van der Waals surface area contributed by atoms with Crippen molar-refractivity contribution in [3.8, 4) is 11.5 Å². The summed E-state index contributed by atoms with van der Waals surface area (Å²) < 4.78 is 39.7.